The van der Waals surface area contributed by atoms with Gasteiger partial charge in [0.05, 0.1) is 12.1 Å². The average molecular weight is 545 g/mol. The van der Waals surface area contributed by atoms with Gasteiger partial charge in [-0.05, 0) is 31.5 Å². The third-order valence-corrected chi connectivity index (χ3v) is 7.15. The molecule has 1 fully saturated rings. The summed E-state index contributed by atoms with van der Waals surface area (Å²) in [4.78, 5) is 26.7. The SMILES string of the molecule is Cc1ccc(CN2CCC3(C2)Cn2c(nnc2C(=O)NCc2ccccc2)CN3C)cc1.O=C(O)C(F)(F)F. The zero-order valence-electron chi connectivity index (χ0n) is 21.8. The lowest BCUT2D eigenvalue weighted by Gasteiger charge is -2.42. The Morgan fingerprint density at radius 2 is 1.69 bits per heavy atom. The number of carboxylic acid groups (broad SMARTS) is 1. The Bertz CT molecular complexity index is 1300. The number of carbonyl (C=O) groups excluding carboxylic acids is 1. The first kappa shape index (κ1) is 28.2. The van der Waals surface area contributed by atoms with Crippen LogP contribution in [0.25, 0.3) is 0 Å². The number of aryl methyl sites for hydroxylation is 1. The molecule has 5 rings (SSSR count). The van der Waals surface area contributed by atoms with Crippen LogP contribution in [0.1, 0.15) is 39.6 Å². The van der Waals surface area contributed by atoms with Crippen LogP contribution in [0.15, 0.2) is 54.6 Å². The molecule has 3 aromatic rings. The number of likely N-dealkylation sites (tertiary alicyclic amines) is 1. The highest BCUT2D eigenvalue weighted by molar-refractivity contribution is 5.90. The number of halogens is 3. The first-order chi connectivity index (χ1) is 18.5. The Morgan fingerprint density at radius 3 is 2.33 bits per heavy atom. The molecule has 1 atom stereocenters. The Kier molecular flexibility index (Phi) is 8.36. The number of carboxylic acids is 1. The fourth-order valence-corrected chi connectivity index (χ4v) is 4.91. The fourth-order valence-electron chi connectivity index (χ4n) is 4.91. The third-order valence-electron chi connectivity index (χ3n) is 7.15. The molecule has 0 radical (unpaired) electrons. The largest absolute Gasteiger partial charge is 0.490 e. The second-order valence-electron chi connectivity index (χ2n) is 10.0. The van der Waals surface area contributed by atoms with Crippen LogP contribution in [0.3, 0.4) is 0 Å². The number of nitrogens with zero attached hydrogens (tertiary/aromatic N) is 5. The van der Waals surface area contributed by atoms with E-state index in [4.69, 9.17) is 9.90 Å². The summed E-state index contributed by atoms with van der Waals surface area (Å²) in [7, 11) is 2.17. The number of aromatic nitrogens is 3. The van der Waals surface area contributed by atoms with E-state index < -0.39 is 12.1 Å². The zero-order valence-corrected chi connectivity index (χ0v) is 21.8. The maximum Gasteiger partial charge on any atom is 0.490 e. The standard InChI is InChI=1S/C25H30N6O.C2HF3O2/c1-19-8-10-21(11-9-19)15-30-13-12-25(17-30)18-31-22(16-29(25)2)27-28-23(31)24(32)26-14-20-6-4-3-5-7-20;3-2(4,5)1(6)7/h3-11H,12-18H2,1-2H3,(H,26,32);(H,6,7). The zero-order chi connectivity index (χ0) is 28.2. The number of benzene rings is 2. The number of rotatable bonds is 5. The van der Waals surface area contributed by atoms with Crippen molar-refractivity contribution in [3.8, 4) is 0 Å². The van der Waals surface area contributed by atoms with Crippen LogP contribution < -0.4 is 5.32 Å². The fraction of sp³-hybridized carbons (Fsp3) is 0.407. The van der Waals surface area contributed by atoms with Gasteiger partial charge < -0.3 is 15.0 Å². The van der Waals surface area contributed by atoms with Gasteiger partial charge in [-0.1, -0.05) is 60.2 Å². The molecule has 2 aliphatic rings. The molecule has 2 aliphatic heterocycles. The quantitative estimate of drug-likeness (QED) is 0.508. The average Bonchev–Trinajstić information content (AvgIpc) is 3.49. The van der Waals surface area contributed by atoms with Crippen LogP contribution in [0.2, 0.25) is 0 Å². The van der Waals surface area contributed by atoms with E-state index in [1.165, 1.54) is 11.1 Å². The Morgan fingerprint density at radius 1 is 1.03 bits per heavy atom. The highest BCUT2D eigenvalue weighted by Crippen LogP contribution is 2.34. The number of amides is 1. The van der Waals surface area contributed by atoms with Crippen molar-refractivity contribution in [2.24, 2.45) is 0 Å². The predicted molar refractivity (Wildman–Crippen MR) is 137 cm³/mol. The van der Waals surface area contributed by atoms with Crippen LogP contribution in [0.5, 0.6) is 0 Å². The van der Waals surface area contributed by atoms with Gasteiger partial charge in [0.25, 0.3) is 5.91 Å². The highest BCUT2D eigenvalue weighted by atomic mass is 19.4. The van der Waals surface area contributed by atoms with Crippen molar-refractivity contribution in [3.63, 3.8) is 0 Å². The number of fused-ring (bicyclic) bond motifs is 1. The molecule has 1 aromatic heterocycles. The molecule has 0 aliphatic carbocycles. The molecule has 39 heavy (non-hydrogen) atoms. The molecule has 9 nitrogen and oxygen atoms in total. The van der Waals surface area contributed by atoms with Crippen molar-refractivity contribution < 1.29 is 27.9 Å². The Labute approximate surface area is 224 Å². The summed E-state index contributed by atoms with van der Waals surface area (Å²) in [6.45, 7) is 7.02. The van der Waals surface area contributed by atoms with Gasteiger partial charge in [-0.25, -0.2) is 4.79 Å². The molecular weight excluding hydrogens is 513 g/mol. The first-order valence-electron chi connectivity index (χ1n) is 12.5. The topological polar surface area (TPSA) is 104 Å². The van der Waals surface area contributed by atoms with E-state index >= 15 is 0 Å². The number of likely N-dealkylation sites (N-methyl/N-ethyl adjacent to an activating group) is 1. The number of aliphatic carboxylic acids is 1. The van der Waals surface area contributed by atoms with Gasteiger partial charge in [0, 0.05) is 32.7 Å². The molecular formula is C27H31F3N6O3. The lowest BCUT2D eigenvalue weighted by molar-refractivity contribution is -0.192. The first-order valence-corrected chi connectivity index (χ1v) is 12.5. The van der Waals surface area contributed by atoms with Gasteiger partial charge in [-0.3, -0.25) is 14.6 Å². The monoisotopic (exact) mass is 544 g/mol. The molecule has 1 amide bonds. The molecule has 12 heteroatoms. The Balaban J connectivity index is 0.000000448. The van der Waals surface area contributed by atoms with E-state index in [0.29, 0.717) is 18.9 Å². The van der Waals surface area contributed by atoms with Gasteiger partial charge in [-0.15, -0.1) is 10.2 Å². The second-order valence-corrected chi connectivity index (χ2v) is 10.0. The van der Waals surface area contributed by atoms with Crippen LogP contribution in [0, 0.1) is 6.92 Å². The number of alkyl halides is 3. The lowest BCUT2D eigenvalue weighted by Crippen LogP contribution is -2.55. The van der Waals surface area contributed by atoms with Gasteiger partial charge in [0.1, 0.15) is 5.82 Å². The van der Waals surface area contributed by atoms with Crippen molar-refractivity contribution in [1.82, 2.24) is 29.9 Å². The minimum absolute atomic E-state index is 0.00542. The smallest absolute Gasteiger partial charge is 0.475 e. The predicted octanol–water partition coefficient (Wildman–Crippen LogP) is 3.24. The van der Waals surface area contributed by atoms with Gasteiger partial charge >= 0.3 is 12.1 Å². The molecule has 3 heterocycles. The van der Waals surface area contributed by atoms with E-state index in [1.807, 2.05) is 34.9 Å². The molecule has 1 unspecified atom stereocenters. The lowest BCUT2D eigenvalue weighted by atomic mass is 9.94. The van der Waals surface area contributed by atoms with Gasteiger partial charge in [-0.2, -0.15) is 13.2 Å². The summed E-state index contributed by atoms with van der Waals surface area (Å²) in [5.74, 6) is -1.64. The summed E-state index contributed by atoms with van der Waals surface area (Å²) >= 11 is 0. The summed E-state index contributed by atoms with van der Waals surface area (Å²) in [6.07, 6.45) is -4.02. The van der Waals surface area contributed by atoms with Crippen molar-refractivity contribution >= 4 is 11.9 Å². The summed E-state index contributed by atoms with van der Waals surface area (Å²) in [5, 5.41) is 18.7. The van der Waals surface area contributed by atoms with Crippen molar-refractivity contribution in [1.29, 1.82) is 0 Å². The van der Waals surface area contributed by atoms with E-state index in [9.17, 15) is 18.0 Å². The van der Waals surface area contributed by atoms with Crippen LogP contribution in [0.4, 0.5) is 13.2 Å². The molecule has 0 saturated carbocycles. The van der Waals surface area contributed by atoms with Crippen molar-refractivity contribution in [2.45, 2.75) is 51.2 Å². The number of nitrogens with one attached hydrogen (secondary N) is 1. The molecule has 208 valence electrons. The summed E-state index contributed by atoms with van der Waals surface area (Å²) < 4.78 is 33.8. The van der Waals surface area contributed by atoms with Crippen LogP contribution >= 0.6 is 0 Å². The molecule has 1 spiro atoms. The van der Waals surface area contributed by atoms with Crippen LogP contribution in [-0.2, 0) is 31.0 Å². The third kappa shape index (κ3) is 6.82. The van der Waals surface area contributed by atoms with E-state index in [1.54, 1.807) is 0 Å². The molecule has 2 N–H and O–H groups in total. The maximum atomic E-state index is 12.9. The normalized spacial score (nSPS) is 19.3. The molecule has 2 aromatic carbocycles. The molecule has 1 saturated heterocycles. The van der Waals surface area contributed by atoms with E-state index in [2.05, 4.69) is 63.6 Å². The minimum Gasteiger partial charge on any atom is -0.475 e. The maximum absolute atomic E-state index is 12.9. The van der Waals surface area contributed by atoms with Crippen molar-refractivity contribution in [3.05, 3.63) is 82.9 Å². The number of hydrogen-bond acceptors (Lipinski definition) is 6. The Hall–Kier alpha value is -3.77. The number of carbonyl (C=O) groups is 2. The summed E-state index contributed by atoms with van der Waals surface area (Å²) in [5.41, 5.74) is 3.70. The van der Waals surface area contributed by atoms with E-state index in [-0.39, 0.29) is 11.4 Å². The van der Waals surface area contributed by atoms with Gasteiger partial charge in [0.15, 0.2) is 0 Å². The summed E-state index contributed by atoms with van der Waals surface area (Å²) in [6, 6.07) is 18.7. The second kappa shape index (κ2) is 11.5. The van der Waals surface area contributed by atoms with E-state index in [0.717, 1.165) is 44.0 Å². The van der Waals surface area contributed by atoms with Crippen LogP contribution in [-0.4, -0.2) is 73.4 Å². The minimum atomic E-state index is -5.08. The molecule has 0 bridgehead atoms. The van der Waals surface area contributed by atoms with Gasteiger partial charge in [0.2, 0.25) is 5.82 Å². The van der Waals surface area contributed by atoms with Crippen molar-refractivity contribution in [2.75, 3.05) is 20.1 Å². The number of hydrogen-bond donors (Lipinski definition) is 2. The highest BCUT2D eigenvalue weighted by Gasteiger charge is 2.46.